The molecular formula is C32H42N6O9. The molecule has 3 N–H and O–H groups in total. The van der Waals surface area contributed by atoms with Crippen LogP contribution in [-0.2, 0) is 26.2 Å². The second-order valence-corrected chi connectivity index (χ2v) is 13.6. The van der Waals surface area contributed by atoms with Gasteiger partial charge in [-0.1, -0.05) is 6.07 Å². The number of rotatable bonds is 7. The van der Waals surface area contributed by atoms with Crippen LogP contribution in [-0.4, -0.2) is 81.3 Å². The van der Waals surface area contributed by atoms with E-state index in [1.165, 1.54) is 12.3 Å². The number of hydrogen-bond donors (Lipinski definition) is 3. The highest BCUT2D eigenvalue weighted by Crippen LogP contribution is 2.41. The topological polar surface area (TPSA) is 198 Å². The number of carboxylic acid groups (broad SMARTS) is 1. The fraction of sp³-hybridized carbons (Fsp3) is 0.531. The van der Waals surface area contributed by atoms with Gasteiger partial charge in [0, 0.05) is 31.3 Å². The minimum absolute atomic E-state index is 0.0484. The molecule has 0 aliphatic carbocycles. The molecule has 1 unspecified atom stereocenters. The number of amidine groups is 1. The van der Waals surface area contributed by atoms with E-state index in [2.05, 4.69) is 9.88 Å². The Morgan fingerprint density at radius 3 is 2.28 bits per heavy atom. The highest BCUT2D eigenvalue weighted by atomic mass is 16.6. The first-order chi connectivity index (χ1) is 21.9. The molecule has 1 fully saturated rings. The number of fused-ring (bicyclic) bond motifs is 1. The zero-order chi connectivity index (χ0) is 34.7. The van der Waals surface area contributed by atoms with Gasteiger partial charge in [0.15, 0.2) is 0 Å². The van der Waals surface area contributed by atoms with Crippen LogP contribution in [0.3, 0.4) is 0 Å². The van der Waals surface area contributed by atoms with Gasteiger partial charge in [-0.15, -0.1) is 0 Å². The van der Waals surface area contributed by atoms with Crippen molar-refractivity contribution in [3.8, 4) is 5.75 Å². The molecule has 2 aliphatic heterocycles. The second-order valence-electron chi connectivity index (χ2n) is 13.6. The van der Waals surface area contributed by atoms with E-state index in [9.17, 15) is 29.6 Å². The van der Waals surface area contributed by atoms with E-state index in [1.807, 2.05) is 5.32 Å². The van der Waals surface area contributed by atoms with Crippen LogP contribution in [0.5, 0.6) is 5.75 Å². The first-order valence-corrected chi connectivity index (χ1v) is 15.4. The number of nitro groups is 1. The Morgan fingerprint density at radius 2 is 1.72 bits per heavy atom. The van der Waals surface area contributed by atoms with Gasteiger partial charge in [0.2, 0.25) is 5.54 Å². The molecule has 1 aromatic heterocycles. The summed E-state index contributed by atoms with van der Waals surface area (Å²) in [4.78, 5) is 57.5. The Kier molecular flexibility index (Phi) is 9.97. The highest BCUT2D eigenvalue weighted by Gasteiger charge is 2.58. The number of nitrogens with one attached hydrogen (secondary N) is 2. The van der Waals surface area contributed by atoms with Crippen LogP contribution >= 0.6 is 0 Å². The number of aromatic nitrogens is 1. The minimum atomic E-state index is -2.32. The summed E-state index contributed by atoms with van der Waals surface area (Å²) in [5.41, 5.74) is -3.58. The van der Waals surface area contributed by atoms with Crippen LogP contribution < -0.4 is 15.0 Å². The first-order valence-electron chi connectivity index (χ1n) is 15.4. The number of hydrogen-bond acceptors (Lipinski definition) is 11. The predicted molar refractivity (Wildman–Crippen MR) is 171 cm³/mol. The molecule has 0 radical (unpaired) electrons. The van der Waals surface area contributed by atoms with Gasteiger partial charge >= 0.3 is 18.2 Å². The minimum Gasteiger partial charge on any atom is -0.493 e. The number of piperidine rings is 1. The Hall–Kier alpha value is -4.95. The summed E-state index contributed by atoms with van der Waals surface area (Å²) in [6, 6.07) is 8.11. The zero-order valence-corrected chi connectivity index (χ0v) is 27.5. The van der Waals surface area contributed by atoms with Gasteiger partial charge in [-0.2, -0.15) is 0 Å². The quantitative estimate of drug-likeness (QED) is 0.121. The van der Waals surface area contributed by atoms with Crippen molar-refractivity contribution >= 4 is 35.5 Å². The van der Waals surface area contributed by atoms with Crippen molar-refractivity contribution < 1.29 is 38.6 Å². The summed E-state index contributed by atoms with van der Waals surface area (Å²) in [5.74, 6) is -0.600. The molecule has 2 amide bonds. The predicted octanol–water partition coefficient (Wildman–Crippen LogP) is 4.86. The SMILES string of the molecule is CC(C)(C)OC(=O)N1CCc2ccc(OCC3CCN(c4ccc([N+](=O)[O-])cn4)CC3)cc2C1(C(=N)NC(=O)O)C(=O)OC(C)(C)C. The molecule has 0 saturated carbocycles. The largest absolute Gasteiger partial charge is 0.493 e. The molecule has 0 bridgehead atoms. The van der Waals surface area contributed by atoms with E-state index in [4.69, 9.17) is 19.6 Å². The maximum absolute atomic E-state index is 14.2. The van der Waals surface area contributed by atoms with Crippen LogP contribution in [0.4, 0.5) is 21.1 Å². The summed E-state index contributed by atoms with van der Waals surface area (Å²) in [6.07, 6.45) is 0.585. The molecule has 1 aromatic carbocycles. The highest BCUT2D eigenvalue weighted by molar-refractivity contribution is 6.15. The summed E-state index contributed by atoms with van der Waals surface area (Å²) < 4.78 is 17.6. The molecule has 15 heteroatoms. The Balaban J connectivity index is 1.62. The lowest BCUT2D eigenvalue weighted by Gasteiger charge is -2.46. The van der Waals surface area contributed by atoms with E-state index in [0.717, 1.165) is 17.7 Å². The van der Waals surface area contributed by atoms with Crippen LogP contribution in [0.2, 0.25) is 0 Å². The number of amides is 2. The molecule has 2 aliphatic rings. The molecule has 1 saturated heterocycles. The molecule has 4 rings (SSSR count). The van der Waals surface area contributed by atoms with Gasteiger partial charge in [-0.25, -0.2) is 19.4 Å². The lowest BCUT2D eigenvalue weighted by Crippen LogP contribution is -2.67. The van der Waals surface area contributed by atoms with Gasteiger partial charge in [-0.3, -0.25) is 25.7 Å². The van der Waals surface area contributed by atoms with Gasteiger partial charge in [-0.05, 0) is 90.5 Å². The number of nitrogens with zero attached hydrogens (tertiary/aromatic N) is 4. The van der Waals surface area contributed by atoms with Crippen molar-refractivity contribution in [3.05, 3.63) is 57.8 Å². The maximum atomic E-state index is 14.2. The van der Waals surface area contributed by atoms with Gasteiger partial charge < -0.3 is 24.2 Å². The fourth-order valence-electron chi connectivity index (χ4n) is 5.65. The third-order valence-corrected chi connectivity index (χ3v) is 7.75. The zero-order valence-electron chi connectivity index (χ0n) is 27.5. The van der Waals surface area contributed by atoms with Crippen LogP contribution in [0.25, 0.3) is 0 Å². The maximum Gasteiger partial charge on any atom is 0.411 e. The lowest BCUT2D eigenvalue weighted by atomic mass is 9.79. The molecular weight excluding hydrogens is 612 g/mol. The van der Waals surface area contributed by atoms with Crippen molar-refractivity contribution in [2.75, 3.05) is 31.1 Å². The smallest absolute Gasteiger partial charge is 0.411 e. The average molecular weight is 655 g/mol. The molecule has 0 spiro atoms. The third-order valence-electron chi connectivity index (χ3n) is 7.75. The first kappa shape index (κ1) is 34.9. The van der Waals surface area contributed by atoms with Crippen molar-refractivity contribution in [1.82, 2.24) is 15.2 Å². The second kappa shape index (κ2) is 13.4. The number of carbonyl (C=O) groups excluding carboxylic acids is 2. The van der Waals surface area contributed by atoms with Crippen LogP contribution in [0.15, 0.2) is 36.5 Å². The summed E-state index contributed by atoms with van der Waals surface area (Å²) >= 11 is 0. The summed E-state index contributed by atoms with van der Waals surface area (Å²) in [5, 5.41) is 31.5. The van der Waals surface area contributed by atoms with E-state index < -0.39 is 45.7 Å². The standard InChI is InChI=1S/C32H42N6O9/c1-30(2,3)46-27(39)32(26(33)35-28(40)41)24-17-23(9-7-21(24)13-16-37(32)29(42)47-31(4,5)6)45-19-20-11-14-36(15-12-20)25-10-8-22(18-34-25)38(43)44/h7-10,17-18,20H,11-16,19H2,1-6H3,(H2,33,35)(H,40,41). The monoisotopic (exact) mass is 654 g/mol. The third kappa shape index (κ3) is 8.07. The molecule has 254 valence electrons. The molecule has 2 aromatic rings. The average Bonchev–Trinajstić information content (AvgIpc) is 2.97. The van der Waals surface area contributed by atoms with E-state index in [0.29, 0.717) is 43.2 Å². The van der Waals surface area contributed by atoms with Gasteiger partial charge in [0.25, 0.3) is 5.69 Å². The van der Waals surface area contributed by atoms with Crippen molar-refractivity contribution in [3.63, 3.8) is 0 Å². The molecule has 3 heterocycles. The normalized spacial score (nSPS) is 18.5. The van der Waals surface area contributed by atoms with Crippen LogP contribution in [0, 0.1) is 21.4 Å². The lowest BCUT2D eigenvalue weighted by molar-refractivity contribution is -0.385. The molecule has 15 nitrogen and oxygen atoms in total. The van der Waals surface area contributed by atoms with E-state index in [1.54, 1.807) is 65.8 Å². The van der Waals surface area contributed by atoms with Crippen molar-refractivity contribution in [1.29, 1.82) is 5.41 Å². The number of anilines is 1. The number of carbonyl (C=O) groups is 3. The van der Waals surface area contributed by atoms with Gasteiger partial charge in [0.1, 0.15) is 34.8 Å². The number of esters is 1. The van der Waals surface area contributed by atoms with Gasteiger partial charge in [0.05, 0.1) is 11.5 Å². The number of pyridine rings is 1. The molecule has 47 heavy (non-hydrogen) atoms. The Labute approximate surface area is 272 Å². The van der Waals surface area contributed by atoms with Crippen molar-refractivity contribution in [2.45, 2.75) is 77.5 Å². The fourth-order valence-corrected chi connectivity index (χ4v) is 5.65. The Bertz CT molecular complexity index is 1520. The summed E-state index contributed by atoms with van der Waals surface area (Å²) in [6.45, 7) is 11.5. The molecule has 1 atom stereocenters. The van der Waals surface area contributed by atoms with Crippen molar-refractivity contribution in [2.24, 2.45) is 5.92 Å². The number of ether oxygens (including phenoxy) is 3. The van der Waals surface area contributed by atoms with E-state index >= 15 is 0 Å². The summed E-state index contributed by atoms with van der Waals surface area (Å²) in [7, 11) is 0. The van der Waals surface area contributed by atoms with E-state index in [-0.39, 0.29) is 23.7 Å². The number of benzene rings is 1. The van der Waals surface area contributed by atoms with Crippen LogP contribution in [0.1, 0.15) is 65.5 Å². The Morgan fingerprint density at radius 1 is 1.06 bits per heavy atom.